The first kappa shape index (κ1) is 58.4. The molecule has 9 heteroatoms. The molecule has 2 atom stereocenters. The van der Waals surface area contributed by atoms with Crippen molar-refractivity contribution in [3.63, 3.8) is 0 Å². The van der Waals surface area contributed by atoms with E-state index in [-0.39, 0.29) is 32.2 Å². The highest BCUT2D eigenvalue weighted by molar-refractivity contribution is 7.45. The molecule has 0 heterocycles. The lowest BCUT2D eigenvalue weighted by Gasteiger charge is -2.28. The summed E-state index contributed by atoms with van der Waals surface area (Å²) in [5.74, 6) is -0.365. The molecule has 0 rings (SSSR count). The van der Waals surface area contributed by atoms with Crippen molar-refractivity contribution >= 4 is 13.8 Å². The fourth-order valence-corrected chi connectivity index (χ4v) is 6.66. The molecule has 0 aliphatic heterocycles. The molecule has 0 bridgehead atoms. The number of allylic oxidation sites excluding steroid dienone is 16. The highest BCUT2D eigenvalue weighted by Crippen LogP contribution is 2.38. The summed E-state index contributed by atoms with van der Waals surface area (Å²) >= 11 is 0. The van der Waals surface area contributed by atoms with Crippen molar-refractivity contribution in [3.8, 4) is 0 Å². The van der Waals surface area contributed by atoms with Gasteiger partial charge in [-0.15, -0.1) is 0 Å². The zero-order chi connectivity index (χ0) is 44.8. The predicted molar refractivity (Wildman–Crippen MR) is 258 cm³/mol. The quantitative estimate of drug-likeness (QED) is 0.0198. The Bertz CT molecular complexity index is 1290. The van der Waals surface area contributed by atoms with Gasteiger partial charge in [0.2, 0.25) is 0 Å². The maximum atomic E-state index is 12.7. The van der Waals surface area contributed by atoms with Crippen LogP contribution in [0.15, 0.2) is 97.2 Å². The monoisotopic (exact) mass is 872 g/mol. The van der Waals surface area contributed by atoms with E-state index < -0.39 is 13.9 Å². The lowest BCUT2D eigenvalue weighted by Crippen LogP contribution is -2.37. The summed E-state index contributed by atoms with van der Waals surface area (Å²) in [6, 6.07) is 0. The number of esters is 1. The fourth-order valence-electron chi connectivity index (χ4n) is 5.93. The van der Waals surface area contributed by atoms with Crippen LogP contribution in [-0.2, 0) is 27.9 Å². The Morgan fingerprint density at radius 2 is 0.951 bits per heavy atom. The van der Waals surface area contributed by atoms with Crippen molar-refractivity contribution in [3.05, 3.63) is 97.2 Å². The third-order valence-corrected chi connectivity index (χ3v) is 10.6. The van der Waals surface area contributed by atoms with Crippen LogP contribution in [0.3, 0.4) is 0 Å². The normalized spacial score (nSPS) is 14.5. The van der Waals surface area contributed by atoms with Crippen LogP contribution in [0.5, 0.6) is 0 Å². The number of phosphoric acid groups is 1. The van der Waals surface area contributed by atoms with Gasteiger partial charge in [-0.3, -0.25) is 9.36 Å². The number of quaternary nitrogens is 1. The standard InChI is InChI=1S/C52H90NO7P/c1-6-8-10-12-14-16-18-20-22-24-26-27-28-29-31-33-35-37-39-41-43-45-52(54)60-51(50-59-61(55,56)58-48-46-53(3,4)5)49-57-47-44-42-40-38-36-34-32-30-25-23-21-19-17-15-13-11-9-7-2/h9,11,15,17-18,20-21,23-24,26,28-30,32,36,38,51H,6-8,10,12-14,16,19,22,25,27,31,33-35,37,39-50H2,1-5H3/b11-9-,17-15-,20-18-,23-21-,26-24-,29-28-,32-30-,38-36-. The van der Waals surface area contributed by atoms with Gasteiger partial charge >= 0.3 is 5.97 Å². The first-order chi connectivity index (χ1) is 29.6. The van der Waals surface area contributed by atoms with Crippen LogP contribution in [0.4, 0.5) is 0 Å². The molecular formula is C52H90NO7P. The topological polar surface area (TPSA) is 94.1 Å². The van der Waals surface area contributed by atoms with Gasteiger partial charge in [-0.05, 0) is 96.3 Å². The van der Waals surface area contributed by atoms with E-state index in [0.29, 0.717) is 17.6 Å². The third-order valence-electron chi connectivity index (χ3n) is 9.62. The molecule has 0 fully saturated rings. The van der Waals surface area contributed by atoms with Gasteiger partial charge in [0.25, 0.3) is 7.82 Å². The fraction of sp³-hybridized carbons (Fsp3) is 0.673. The minimum Gasteiger partial charge on any atom is -0.756 e. The summed E-state index contributed by atoms with van der Waals surface area (Å²) in [7, 11) is 1.30. The van der Waals surface area contributed by atoms with Crippen LogP contribution in [0.25, 0.3) is 0 Å². The number of likely N-dealkylation sites (N-methyl/N-ethyl adjacent to an activating group) is 1. The summed E-state index contributed by atoms with van der Waals surface area (Å²) in [6.45, 7) is 5.13. The summed E-state index contributed by atoms with van der Waals surface area (Å²) in [4.78, 5) is 25.1. The van der Waals surface area contributed by atoms with E-state index in [1.165, 1.54) is 51.4 Å². The van der Waals surface area contributed by atoms with Crippen LogP contribution >= 0.6 is 7.82 Å². The molecule has 350 valence electrons. The first-order valence-corrected chi connectivity index (χ1v) is 25.4. The molecule has 2 unspecified atom stereocenters. The zero-order valence-corrected chi connectivity index (χ0v) is 40.5. The predicted octanol–water partition coefficient (Wildman–Crippen LogP) is 14.0. The second kappa shape index (κ2) is 44.0. The van der Waals surface area contributed by atoms with Crippen LogP contribution in [0.2, 0.25) is 0 Å². The maximum Gasteiger partial charge on any atom is 0.306 e. The van der Waals surface area contributed by atoms with E-state index in [2.05, 4.69) is 111 Å². The number of hydrogen-bond acceptors (Lipinski definition) is 7. The lowest BCUT2D eigenvalue weighted by atomic mass is 10.1. The maximum absolute atomic E-state index is 12.7. The van der Waals surface area contributed by atoms with Crippen molar-refractivity contribution in [2.45, 2.75) is 174 Å². The number of nitrogens with zero attached hydrogens (tertiary/aromatic N) is 1. The molecule has 0 aromatic heterocycles. The largest absolute Gasteiger partial charge is 0.756 e. The van der Waals surface area contributed by atoms with Gasteiger partial charge < -0.3 is 27.9 Å². The van der Waals surface area contributed by atoms with Gasteiger partial charge in [0, 0.05) is 13.0 Å². The number of rotatable bonds is 43. The Balaban J connectivity index is 4.32. The van der Waals surface area contributed by atoms with Gasteiger partial charge in [-0.2, -0.15) is 0 Å². The Morgan fingerprint density at radius 1 is 0.525 bits per heavy atom. The Kier molecular flexibility index (Phi) is 42.2. The van der Waals surface area contributed by atoms with E-state index in [0.717, 1.165) is 96.3 Å². The van der Waals surface area contributed by atoms with Gasteiger partial charge in [0.1, 0.15) is 19.3 Å². The summed E-state index contributed by atoms with van der Waals surface area (Å²) in [5.41, 5.74) is 0. The Hall–Kier alpha value is -2.58. The van der Waals surface area contributed by atoms with Gasteiger partial charge in [0.15, 0.2) is 0 Å². The Labute approximate surface area is 375 Å². The molecule has 0 saturated carbocycles. The van der Waals surface area contributed by atoms with E-state index in [4.69, 9.17) is 18.5 Å². The number of unbranched alkanes of at least 4 members (excludes halogenated alkanes) is 13. The highest BCUT2D eigenvalue weighted by atomic mass is 31.2. The minimum absolute atomic E-state index is 0.00899. The van der Waals surface area contributed by atoms with Gasteiger partial charge in [-0.25, -0.2) is 0 Å². The van der Waals surface area contributed by atoms with Crippen LogP contribution in [0.1, 0.15) is 168 Å². The SMILES string of the molecule is CC/C=C\C/C=C\C/C=C\C/C=C\C/C=C\CCCCOCC(COP(=O)([O-])OCC[N+](C)(C)C)OC(=O)CCCCCCCC/C=C\C/C=C\C/C=C\CCCCCCC. The number of carbonyl (C=O) groups excluding carboxylic acids is 1. The van der Waals surface area contributed by atoms with E-state index in [9.17, 15) is 14.3 Å². The summed E-state index contributed by atoms with van der Waals surface area (Å²) in [5, 5.41) is 0. The van der Waals surface area contributed by atoms with Gasteiger partial charge in [-0.1, -0.05) is 162 Å². The third kappa shape index (κ3) is 48.3. The first-order valence-electron chi connectivity index (χ1n) is 24.0. The van der Waals surface area contributed by atoms with Crippen molar-refractivity contribution in [1.82, 2.24) is 0 Å². The van der Waals surface area contributed by atoms with Crippen LogP contribution in [0, 0.1) is 0 Å². The highest BCUT2D eigenvalue weighted by Gasteiger charge is 2.20. The number of carbonyl (C=O) groups is 1. The zero-order valence-electron chi connectivity index (χ0n) is 39.6. The lowest BCUT2D eigenvalue weighted by molar-refractivity contribution is -0.870. The molecule has 0 amide bonds. The van der Waals surface area contributed by atoms with Crippen molar-refractivity contribution in [2.24, 2.45) is 0 Å². The second-order valence-corrected chi connectivity index (χ2v) is 18.1. The summed E-state index contributed by atoms with van der Waals surface area (Å²) < 4.78 is 34.6. The second-order valence-electron chi connectivity index (χ2n) is 16.7. The summed E-state index contributed by atoms with van der Waals surface area (Å²) in [6.07, 6.45) is 60.0. The molecule has 61 heavy (non-hydrogen) atoms. The smallest absolute Gasteiger partial charge is 0.306 e. The molecule has 0 spiro atoms. The van der Waals surface area contributed by atoms with Crippen molar-refractivity contribution in [2.75, 3.05) is 54.1 Å². The van der Waals surface area contributed by atoms with Gasteiger partial charge in [0.05, 0.1) is 34.4 Å². The molecule has 0 aliphatic carbocycles. The Morgan fingerprint density at radius 3 is 1.43 bits per heavy atom. The van der Waals surface area contributed by atoms with E-state index in [1.54, 1.807) is 0 Å². The molecule has 8 nitrogen and oxygen atoms in total. The van der Waals surface area contributed by atoms with Crippen molar-refractivity contribution in [1.29, 1.82) is 0 Å². The number of phosphoric ester groups is 1. The molecule has 0 aliphatic rings. The minimum atomic E-state index is -4.55. The molecule has 0 aromatic carbocycles. The average molecular weight is 872 g/mol. The van der Waals surface area contributed by atoms with Crippen LogP contribution in [-0.4, -0.2) is 70.7 Å². The number of ether oxygens (including phenoxy) is 2. The van der Waals surface area contributed by atoms with Crippen molar-refractivity contribution < 1.29 is 37.3 Å². The molecular weight excluding hydrogens is 782 g/mol. The molecule has 0 aromatic rings. The number of hydrogen-bond donors (Lipinski definition) is 0. The molecule has 0 saturated heterocycles. The molecule has 0 radical (unpaired) electrons. The van der Waals surface area contributed by atoms with E-state index in [1.807, 2.05) is 21.1 Å². The van der Waals surface area contributed by atoms with Crippen LogP contribution < -0.4 is 4.89 Å². The van der Waals surface area contributed by atoms with E-state index >= 15 is 0 Å². The molecule has 0 N–H and O–H groups in total. The average Bonchev–Trinajstić information content (AvgIpc) is 3.22.